The van der Waals surface area contributed by atoms with Crippen LogP contribution in [0.15, 0.2) is 18.2 Å². The molecule has 20 heavy (non-hydrogen) atoms. The summed E-state index contributed by atoms with van der Waals surface area (Å²) >= 11 is 0. The Bertz CT molecular complexity index is 617. The predicted molar refractivity (Wildman–Crippen MR) is 71.2 cm³/mol. The highest BCUT2D eigenvalue weighted by Crippen LogP contribution is 2.37. The number of nitrogen functional groups attached to an aromatic ring is 1. The van der Waals surface area contributed by atoms with Crippen molar-refractivity contribution >= 4 is 5.69 Å². The molecule has 0 atom stereocenters. The molecule has 2 aromatic rings. The van der Waals surface area contributed by atoms with Crippen LogP contribution in [-0.4, -0.2) is 32.9 Å². The van der Waals surface area contributed by atoms with E-state index in [1.54, 1.807) is 17.9 Å². The molecule has 2 N–H and O–H groups in total. The van der Waals surface area contributed by atoms with Crippen LogP contribution in [0.1, 0.15) is 19.3 Å². The van der Waals surface area contributed by atoms with Crippen LogP contribution in [-0.2, 0) is 11.3 Å². The molecule has 6 nitrogen and oxygen atoms in total. The Hall–Kier alpha value is -2.02. The number of hydrogen-bond donors (Lipinski definition) is 1. The fourth-order valence-corrected chi connectivity index (χ4v) is 2.47. The van der Waals surface area contributed by atoms with Gasteiger partial charge in [-0.05, 0) is 47.9 Å². The molecule has 1 saturated carbocycles. The quantitative estimate of drug-likeness (QED) is 0.859. The lowest BCUT2D eigenvalue weighted by molar-refractivity contribution is -0.0855. The summed E-state index contributed by atoms with van der Waals surface area (Å²) in [6, 6.07) is 4.48. The largest absolute Gasteiger partial charge is 0.396 e. The van der Waals surface area contributed by atoms with Crippen LogP contribution < -0.4 is 5.73 Å². The van der Waals surface area contributed by atoms with Gasteiger partial charge in [0.2, 0.25) is 0 Å². The zero-order valence-corrected chi connectivity index (χ0v) is 11.2. The highest BCUT2D eigenvalue weighted by atomic mass is 19.1. The summed E-state index contributed by atoms with van der Waals surface area (Å²) in [6.45, 7) is 0.586. The van der Waals surface area contributed by atoms with Gasteiger partial charge < -0.3 is 10.5 Å². The highest BCUT2D eigenvalue weighted by Gasteiger charge is 2.38. The SMILES string of the molecule is COC1(Cn2nnnc2-c2ccc(F)c(N)c2)CCC1. The highest BCUT2D eigenvalue weighted by molar-refractivity contribution is 5.61. The van der Waals surface area contributed by atoms with E-state index < -0.39 is 5.82 Å². The van der Waals surface area contributed by atoms with Crippen molar-refractivity contribution < 1.29 is 9.13 Å². The van der Waals surface area contributed by atoms with Crippen LogP contribution in [0.3, 0.4) is 0 Å². The van der Waals surface area contributed by atoms with Crippen molar-refractivity contribution in [3.05, 3.63) is 24.0 Å². The molecule has 0 aliphatic heterocycles. The molecular formula is C13H16FN5O. The first kappa shape index (κ1) is 13.0. The first-order valence-electron chi connectivity index (χ1n) is 6.50. The number of rotatable bonds is 4. The Morgan fingerprint density at radius 2 is 2.25 bits per heavy atom. The lowest BCUT2D eigenvalue weighted by Gasteiger charge is -2.40. The number of methoxy groups -OCH3 is 1. The van der Waals surface area contributed by atoms with E-state index in [9.17, 15) is 4.39 Å². The predicted octanol–water partition coefficient (Wildman–Crippen LogP) is 1.63. The second-order valence-corrected chi connectivity index (χ2v) is 5.14. The maximum absolute atomic E-state index is 13.2. The van der Waals surface area contributed by atoms with Crippen LogP contribution in [0.2, 0.25) is 0 Å². The Labute approximate surface area is 115 Å². The van der Waals surface area contributed by atoms with Gasteiger partial charge in [-0.2, -0.15) is 0 Å². The summed E-state index contributed by atoms with van der Waals surface area (Å²) in [6.07, 6.45) is 3.14. The molecule has 106 valence electrons. The van der Waals surface area contributed by atoms with Gasteiger partial charge in [0, 0.05) is 12.7 Å². The standard InChI is InChI=1S/C13H16FN5O/c1-20-13(5-2-6-13)8-19-12(16-17-18-19)9-3-4-10(14)11(15)7-9/h3-4,7H,2,5-6,8,15H2,1H3. The first-order valence-corrected chi connectivity index (χ1v) is 6.50. The van der Waals surface area contributed by atoms with E-state index in [0.717, 1.165) is 19.3 Å². The number of tetrazole rings is 1. The molecular weight excluding hydrogens is 261 g/mol. The summed E-state index contributed by atoms with van der Waals surface area (Å²) in [7, 11) is 1.71. The summed E-state index contributed by atoms with van der Waals surface area (Å²) < 4.78 is 20.5. The molecule has 1 aliphatic rings. The fourth-order valence-electron chi connectivity index (χ4n) is 2.47. The van der Waals surface area contributed by atoms with Gasteiger partial charge in [0.15, 0.2) is 5.82 Å². The minimum atomic E-state index is -0.444. The Balaban J connectivity index is 1.91. The number of aromatic nitrogens is 4. The Morgan fingerprint density at radius 1 is 1.45 bits per heavy atom. The zero-order valence-electron chi connectivity index (χ0n) is 11.2. The summed E-state index contributed by atoms with van der Waals surface area (Å²) in [5.74, 6) is 0.125. The first-order chi connectivity index (χ1) is 9.63. The van der Waals surface area contributed by atoms with Crippen molar-refractivity contribution in [3.63, 3.8) is 0 Å². The number of halogens is 1. The molecule has 3 rings (SSSR count). The van der Waals surface area contributed by atoms with Crippen LogP contribution in [0.5, 0.6) is 0 Å². The molecule has 1 aromatic carbocycles. The van der Waals surface area contributed by atoms with Crippen LogP contribution in [0.25, 0.3) is 11.4 Å². The number of nitrogens with zero attached hydrogens (tertiary/aromatic N) is 4. The lowest BCUT2D eigenvalue weighted by Crippen LogP contribution is -2.43. The van der Waals surface area contributed by atoms with Gasteiger partial charge in [0.05, 0.1) is 17.8 Å². The monoisotopic (exact) mass is 277 g/mol. The smallest absolute Gasteiger partial charge is 0.182 e. The van der Waals surface area contributed by atoms with Gasteiger partial charge >= 0.3 is 0 Å². The van der Waals surface area contributed by atoms with E-state index >= 15 is 0 Å². The van der Waals surface area contributed by atoms with Crippen LogP contribution >= 0.6 is 0 Å². The third kappa shape index (κ3) is 2.14. The molecule has 0 unspecified atom stereocenters. The van der Waals surface area contributed by atoms with Crippen molar-refractivity contribution in [1.82, 2.24) is 20.2 Å². The van der Waals surface area contributed by atoms with Crippen molar-refractivity contribution in [1.29, 1.82) is 0 Å². The molecule has 1 aromatic heterocycles. The van der Waals surface area contributed by atoms with E-state index in [1.807, 2.05) is 0 Å². The van der Waals surface area contributed by atoms with Crippen LogP contribution in [0, 0.1) is 5.82 Å². The molecule has 0 amide bonds. The fraction of sp³-hybridized carbons (Fsp3) is 0.462. The normalized spacial score (nSPS) is 16.9. The summed E-state index contributed by atoms with van der Waals surface area (Å²) in [5.41, 5.74) is 6.18. The number of ether oxygens (including phenoxy) is 1. The second-order valence-electron chi connectivity index (χ2n) is 5.14. The van der Waals surface area contributed by atoms with Crippen molar-refractivity contribution in [3.8, 4) is 11.4 Å². The average molecular weight is 277 g/mol. The molecule has 1 fully saturated rings. The number of hydrogen-bond acceptors (Lipinski definition) is 5. The maximum atomic E-state index is 13.2. The van der Waals surface area contributed by atoms with Crippen molar-refractivity contribution in [2.75, 3.05) is 12.8 Å². The van der Waals surface area contributed by atoms with Gasteiger partial charge in [-0.15, -0.1) is 5.10 Å². The molecule has 0 spiro atoms. The van der Waals surface area contributed by atoms with E-state index in [2.05, 4.69) is 15.5 Å². The molecule has 0 saturated heterocycles. The van der Waals surface area contributed by atoms with Crippen molar-refractivity contribution in [2.45, 2.75) is 31.4 Å². The minimum absolute atomic E-state index is 0.0853. The van der Waals surface area contributed by atoms with Gasteiger partial charge in [0.25, 0.3) is 0 Å². The van der Waals surface area contributed by atoms with Crippen LogP contribution in [0.4, 0.5) is 10.1 Å². The Morgan fingerprint density at radius 3 is 2.85 bits per heavy atom. The number of benzene rings is 1. The average Bonchev–Trinajstić information content (AvgIpc) is 2.85. The van der Waals surface area contributed by atoms with Gasteiger partial charge in [0.1, 0.15) is 5.82 Å². The summed E-state index contributed by atoms with van der Waals surface area (Å²) in [4.78, 5) is 0. The third-order valence-corrected chi connectivity index (χ3v) is 3.92. The second kappa shape index (κ2) is 4.82. The van der Waals surface area contributed by atoms with Crippen molar-refractivity contribution in [2.24, 2.45) is 0 Å². The van der Waals surface area contributed by atoms with Gasteiger partial charge in [-0.1, -0.05) is 0 Å². The molecule has 7 heteroatoms. The third-order valence-electron chi connectivity index (χ3n) is 3.92. The van der Waals surface area contributed by atoms with Gasteiger partial charge in [-0.3, -0.25) is 0 Å². The van der Waals surface area contributed by atoms with E-state index in [1.165, 1.54) is 12.1 Å². The molecule has 1 heterocycles. The lowest BCUT2D eigenvalue weighted by atomic mass is 9.80. The zero-order chi connectivity index (χ0) is 14.2. The topological polar surface area (TPSA) is 78.8 Å². The van der Waals surface area contributed by atoms with E-state index in [4.69, 9.17) is 10.5 Å². The molecule has 0 radical (unpaired) electrons. The number of anilines is 1. The van der Waals surface area contributed by atoms with Gasteiger partial charge in [-0.25, -0.2) is 9.07 Å². The number of nitrogens with two attached hydrogens (primary N) is 1. The maximum Gasteiger partial charge on any atom is 0.182 e. The van der Waals surface area contributed by atoms with E-state index in [0.29, 0.717) is 17.9 Å². The molecule has 1 aliphatic carbocycles. The molecule has 0 bridgehead atoms. The summed E-state index contributed by atoms with van der Waals surface area (Å²) in [5, 5.41) is 11.7. The minimum Gasteiger partial charge on any atom is -0.396 e. The van der Waals surface area contributed by atoms with E-state index in [-0.39, 0.29) is 11.3 Å². The Kier molecular flexibility index (Phi) is 3.13.